The van der Waals surface area contributed by atoms with Gasteiger partial charge in [-0.3, -0.25) is 4.79 Å². The summed E-state index contributed by atoms with van der Waals surface area (Å²) in [6.45, 7) is 21.4. The summed E-state index contributed by atoms with van der Waals surface area (Å²) in [4.78, 5) is 11.6. The second kappa shape index (κ2) is 8.41. The lowest BCUT2D eigenvalue weighted by Crippen LogP contribution is -2.23. The van der Waals surface area contributed by atoms with E-state index in [1.165, 1.54) is 12.0 Å². The minimum Gasteiger partial charge on any atom is -0.462 e. The van der Waals surface area contributed by atoms with E-state index < -0.39 is 0 Å². The first-order valence-electron chi connectivity index (χ1n) is 11.0. The normalized spacial score (nSPS) is 26.0. The maximum atomic E-state index is 11.6. The molecular formula is C26H42O3. The van der Waals surface area contributed by atoms with E-state index in [4.69, 9.17) is 9.47 Å². The highest BCUT2D eigenvalue weighted by Crippen LogP contribution is 2.63. The van der Waals surface area contributed by atoms with Gasteiger partial charge in [-0.25, -0.2) is 0 Å². The van der Waals surface area contributed by atoms with Crippen molar-refractivity contribution in [2.75, 3.05) is 13.2 Å². The molecule has 0 amide bonds. The Labute approximate surface area is 178 Å². The largest absolute Gasteiger partial charge is 0.462 e. The van der Waals surface area contributed by atoms with Gasteiger partial charge < -0.3 is 9.47 Å². The standard InChI is InChI=1S/C16H26.C10H16O3/c1-15(2,3)12-14(16(4,5)6)13-10-8-7-9-11-13;1-9(2)6-10(9,3)8(11)13-5-7-4-12-7/h7-11,14H,12H2,1-6H3;7H,4-6H2,1-3H3. The lowest BCUT2D eigenvalue weighted by Gasteiger charge is -2.36. The van der Waals surface area contributed by atoms with Crippen LogP contribution in [0.1, 0.15) is 86.6 Å². The lowest BCUT2D eigenvalue weighted by atomic mass is 9.69. The zero-order valence-corrected chi connectivity index (χ0v) is 20.1. The Bertz CT molecular complexity index is 674. The van der Waals surface area contributed by atoms with E-state index in [2.05, 4.69) is 85.7 Å². The molecule has 0 radical (unpaired) electrons. The van der Waals surface area contributed by atoms with Gasteiger partial charge in [0.1, 0.15) is 12.7 Å². The Morgan fingerprint density at radius 1 is 1.10 bits per heavy atom. The quantitative estimate of drug-likeness (QED) is 0.410. The highest BCUT2D eigenvalue weighted by molar-refractivity contribution is 5.81. The second-order valence-corrected chi connectivity index (χ2v) is 12.0. The van der Waals surface area contributed by atoms with Crippen LogP contribution in [0.15, 0.2) is 30.3 Å². The van der Waals surface area contributed by atoms with Crippen LogP contribution < -0.4 is 0 Å². The molecule has 1 aliphatic carbocycles. The summed E-state index contributed by atoms with van der Waals surface area (Å²) in [5.41, 5.74) is 2.06. The molecule has 2 fully saturated rings. The van der Waals surface area contributed by atoms with Gasteiger partial charge in [-0.05, 0) is 47.5 Å². The Hall–Kier alpha value is -1.35. The van der Waals surface area contributed by atoms with E-state index in [0.717, 1.165) is 13.0 Å². The van der Waals surface area contributed by atoms with Gasteiger partial charge in [0.15, 0.2) is 0 Å². The average Bonchev–Trinajstić information content (AvgIpc) is 3.48. The molecule has 1 heterocycles. The average molecular weight is 403 g/mol. The minimum absolute atomic E-state index is 0.0620. The molecule has 164 valence electrons. The van der Waals surface area contributed by atoms with Crippen molar-refractivity contribution in [1.29, 1.82) is 0 Å². The molecule has 1 aliphatic heterocycles. The summed E-state index contributed by atoms with van der Waals surface area (Å²) < 4.78 is 10.1. The van der Waals surface area contributed by atoms with E-state index in [0.29, 0.717) is 23.4 Å². The smallest absolute Gasteiger partial charge is 0.312 e. The van der Waals surface area contributed by atoms with Crippen molar-refractivity contribution in [1.82, 2.24) is 0 Å². The van der Waals surface area contributed by atoms with Crippen LogP contribution in [0.25, 0.3) is 0 Å². The molecule has 2 aliphatic rings. The highest BCUT2D eigenvalue weighted by Gasteiger charge is 2.63. The number of epoxide rings is 1. The van der Waals surface area contributed by atoms with Gasteiger partial charge in [0.25, 0.3) is 0 Å². The molecule has 1 aromatic rings. The molecule has 3 nitrogen and oxygen atoms in total. The first kappa shape index (κ1) is 23.9. The number of hydrogen-bond donors (Lipinski definition) is 0. The summed E-state index contributed by atoms with van der Waals surface area (Å²) in [5, 5.41) is 0. The van der Waals surface area contributed by atoms with Gasteiger partial charge in [0, 0.05) is 0 Å². The van der Waals surface area contributed by atoms with Crippen molar-refractivity contribution >= 4 is 5.97 Å². The van der Waals surface area contributed by atoms with Crippen molar-refractivity contribution < 1.29 is 14.3 Å². The molecule has 0 N–H and O–H groups in total. The van der Waals surface area contributed by atoms with E-state index in [1.54, 1.807) is 0 Å². The van der Waals surface area contributed by atoms with Crippen LogP contribution in [0.4, 0.5) is 0 Å². The van der Waals surface area contributed by atoms with Crippen molar-refractivity contribution in [2.45, 2.75) is 87.2 Å². The lowest BCUT2D eigenvalue weighted by molar-refractivity contribution is -0.151. The molecule has 0 bridgehead atoms. The number of carbonyl (C=O) groups is 1. The third-order valence-corrected chi connectivity index (χ3v) is 6.48. The van der Waals surface area contributed by atoms with Crippen LogP contribution in [-0.2, 0) is 14.3 Å². The van der Waals surface area contributed by atoms with Gasteiger partial charge in [-0.2, -0.15) is 0 Å². The molecule has 3 unspecified atom stereocenters. The Balaban J connectivity index is 0.000000211. The number of hydrogen-bond acceptors (Lipinski definition) is 3. The van der Waals surface area contributed by atoms with Crippen molar-refractivity contribution in [3.05, 3.63) is 35.9 Å². The maximum Gasteiger partial charge on any atom is 0.312 e. The summed E-state index contributed by atoms with van der Waals surface area (Å²) in [5.74, 6) is 0.571. The fraction of sp³-hybridized carbons (Fsp3) is 0.731. The van der Waals surface area contributed by atoms with E-state index >= 15 is 0 Å². The summed E-state index contributed by atoms with van der Waals surface area (Å²) >= 11 is 0. The van der Waals surface area contributed by atoms with Crippen LogP contribution >= 0.6 is 0 Å². The SMILES string of the molecule is CC(C)(C)CC(c1ccccc1)C(C)(C)C.CC1(C)CC1(C)C(=O)OCC1CO1. The Kier molecular flexibility index (Phi) is 6.94. The van der Waals surface area contributed by atoms with Crippen molar-refractivity contribution in [3.63, 3.8) is 0 Å². The zero-order valence-electron chi connectivity index (χ0n) is 20.1. The van der Waals surface area contributed by atoms with Crippen LogP contribution in [0.5, 0.6) is 0 Å². The van der Waals surface area contributed by atoms with Gasteiger partial charge in [0.05, 0.1) is 12.0 Å². The first-order chi connectivity index (χ1) is 13.2. The molecule has 3 rings (SSSR count). The zero-order chi connectivity index (χ0) is 22.1. The van der Waals surface area contributed by atoms with Crippen molar-refractivity contribution in [2.24, 2.45) is 21.7 Å². The summed E-state index contributed by atoms with van der Waals surface area (Å²) in [7, 11) is 0. The fourth-order valence-corrected chi connectivity index (χ4v) is 3.90. The number of ether oxygens (including phenoxy) is 2. The van der Waals surface area contributed by atoms with E-state index in [1.807, 2.05) is 6.92 Å². The third kappa shape index (κ3) is 6.84. The number of esters is 1. The Morgan fingerprint density at radius 2 is 1.62 bits per heavy atom. The van der Waals surface area contributed by atoms with Gasteiger partial charge in [-0.1, -0.05) is 85.7 Å². The van der Waals surface area contributed by atoms with Crippen LogP contribution in [0.2, 0.25) is 0 Å². The van der Waals surface area contributed by atoms with Gasteiger partial charge in [0.2, 0.25) is 0 Å². The molecule has 0 spiro atoms. The predicted octanol–water partition coefficient (Wildman–Crippen LogP) is 6.62. The first-order valence-corrected chi connectivity index (χ1v) is 11.0. The molecule has 1 aromatic carbocycles. The maximum absolute atomic E-state index is 11.6. The van der Waals surface area contributed by atoms with Crippen LogP contribution in [0, 0.1) is 21.7 Å². The van der Waals surface area contributed by atoms with Gasteiger partial charge >= 0.3 is 5.97 Å². The minimum atomic E-state index is -0.248. The topological polar surface area (TPSA) is 38.8 Å². The van der Waals surface area contributed by atoms with Gasteiger partial charge in [-0.15, -0.1) is 0 Å². The highest BCUT2D eigenvalue weighted by atomic mass is 16.6. The van der Waals surface area contributed by atoms with E-state index in [-0.39, 0.29) is 22.9 Å². The third-order valence-electron chi connectivity index (χ3n) is 6.48. The number of carbonyl (C=O) groups excluding carboxylic acids is 1. The Morgan fingerprint density at radius 3 is 2.00 bits per heavy atom. The monoisotopic (exact) mass is 402 g/mol. The molecular weight excluding hydrogens is 360 g/mol. The van der Waals surface area contributed by atoms with Crippen LogP contribution in [-0.4, -0.2) is 25.3 Å². The summed E-state index contributed by atoms with van der Waals surface area (Å²) in [6.07, 6.45) is 2.35. The fourth-order valence-electron chi connectivity index (χ4n) is 3.90. The molecule has 3 heteroatoms. The molecule has 1 saturated carbocycles. The predicted molar refractivity (Wildman–Crippen MR) is 120 cm³/mol. The molecule has 29 heavy (non-hydrogen) atoms. The number of rotatable bonds is 5. The summed E-state index contributed by atoms with van der Waals surface area (Å²) in [6, 6.07) is 10.9. The molecule has 0 aromatic heterocycles. The molecule has 3 atom stereocenters. The number of benzene rings is 1. The molecule has 1 saturated heterocycles. The second-order valence-electron chi connectivity index (χ2n) is 12.0. The van der Waals surface area contributed by atoms with E-state index in [9.17, 15) is 4.79 Å². The van der Waals surface area contributed by atoms with Crippen LogP contribution in [0.3, 0.4) is 0 Å². The van der Waals surface area contributed by atoms with Crippen molar-refractivity contribution in [3.8, 4) is 0 Å².